The fraction of sp³-hybridized carbons (Fsp3) is 0.583. The Labute approximate surface area is 200 Å². The summed E-state index contributed by atoms with van der Waals surface area (Å²) in [4.78, 5) is 36.7. The van der Waals surface area contributed by atoms with Crippen LogP contribution in [-0.4, -0.2) is 87.3 Å². The molecule has 0 radical (unpaired) electrons. The van der Waals surface area contributed by atoms with Crippen molar-refractivity contribution in [3.63, 3.8) is 0 Å². The van der Waals surface area contributed by atoms with E-state index in [0.717, 1.165) is 37.4 Å². The standard InChI is InChI=1S/C24H35N7O3/c1-16-14-30(17(2)13-29(16)11-8-12-34-5)23(33)31-15-18-20(24(31,3)4)27-28-21(18)26-22(32)19-9-6-7-10-25-19/h6-7,9-10,16-17H,8,11-15H2,1-5H3,(H2,26,27,28,32)/t16-,17+/m1/s1. The summed E-state index contributed by atoms with van der Waals surface area (Å²) in [6.07, 6.45) is 2.56. The van der Waals surface area contributed by atoms with Gasteiger partial charge in [-0.25, -0.2) is 4.79 Å². The number of nitrogens with zero attached hydrogens (tertiary/aromatic N) is 5. The van der Waals surface area contributed by atoms with Crippen molar-refractivity contribution < 1.29 is 14.3 Å². The molecule has 1 saturated heterocycles. The second kappa shape index (κ2) is 9.71. The highest BCUT2D eigenvalue weighted by Crippen LogP contribution is 2.41. The van der Waals surface area contributed by atoms with Gasteiger partial charge in [-0.1, -0.05) is 6.07 Å². The lowest BCUT2D eigenvalue weighted by atomic mass is 10.0. The predicted molar refractivity (Wildman–Crippen MR) is 128 cm³/mol. The van der Waals surface area contributed by atoms with E-state index in [1.165, 1.54) is 0 Å². The van der Waals surface area contributed by atoms with Gasteiger partial charge in [-0.2, -0.15) is 5.10 Å². The first kappa shape index (κ1) is 24.2. The van der Waals surface area contributed by atoms with Gasteiger partial charge >= 0.3 is 6.03 Å². The molecule has 2 aliphatic heterocycles. The molecule has 2 aliphatic rings. The fourth-order valence-corrected chi connectivity index (χ4v) is 4.94. The van der Waals surface area contributed by atoms with Gasteiger partial charge in [-0.15, -0.1) is 0 Å². The van der Waals surface area contributed by atoms with E-state index >= 15 is 0 Å². The highest BCUT2D eigenvalue weighted by atomic mass is 16.5. The maximum Gasteiger partial charge on any atom is 0.321 e. The second-order valence-corrected chi connectivity index (χ2v) is 9.71. The van der Waals surface area contributed by atoms with Crippen LogP contribution in [0.5, 0.6) is 0 Å². The van der Waals surface area contributed by atoms with Gasteiger partial charge in [0.25, 0.3) is 5.91 Å². The lowest BCUT2D eigenvalue weighted by molar-refractivity contribution is 0.0315. The summed E-state index contributed by atoms with van der Waals surface area (Å²) in [6.45, 7) is 11.9. The Morgan fingerprint density at radius 1 is 1.24 bits per heavy atom. The lowest BCUT2D eigenvalue weighted by Crippen LogP contribution is -2.61. The maximum atomic E-state index is 13.7. The van der Waals surface area contributed by atoms with Crippen LogP contribution in [0.3, 0.4) is 0 Å². The molecule has 34 heavy (non-hydrogen) atoms. The SMILES string of the molecule is COCCCN1C[C@H](C)N(C(=O)N2Cc3c(NC(=O)c4ccccn4)n[nH]c3C2(C)C)C[C@H]1C. The molecule has 2 atom stereocenters. The van der Waals surface area contributed by atoms with E-state index in [9.17, 15) is 9.59 Å². The average Bonchev–Trinajstić information content (AvgIpc) is 3.34. The molecule has 184 valence electrons. The third kappa shape index (κ3) is 4.52. The number of nitrogens with one attached hydrogen (secondary N) is 2. The van der Waals surface area contributed by atoms with Crippen LogP contribution >= 0.6 is 0 Å². The summed E-state index contributed by atoms with van der Waals surface area (Å²) in [6, 6.07) is 5.56. The normalized spacial score (nSPS) is 22.0. The number of piperazine rings is 1. The van der Waals surface area contributed by atoms with Crippen LogP contribution < -0.4 is 5.32 Å². The topological polar surface area (TPSA) is 107 Å². The Hall–Kier alpha value is -2.98. The molecule has 0 aliphatic carbocycles. The van der Waals surface area contributed by atoms with Crippen molar-refractivity contribution in [2.45, 2.75) is 58.3 Å². The first-order chi connectivity index (χ1) is 16.2. The van der Waals surface area contributed by atoms with Crippen LogP contribution in [0.1, 0.15) is 55.9 Å². The second-order valence-electron chi connectivity index (χ2n) is 9.71. The van der Waals surface area contributed by atoms with Crippen molar-refractivity contribution in [3.8, 4) is 0 Å². The summed E-state index contributed by atoms with van der Waals surface area (Å²) in [7, 11) is 1.72. The number of aromatic amines is 1. The monoisotopic (exact) mass is 469 g/mol. The molecule has 0 spiro atoms. The summed E-state index contributed by atoms with van der Waals surface area (Å²) in [5.41, 5.74) is 1.42. The number of fused-ring (bicyclic) bond motifs is 1. The molecule has 0 bridgehead atoms. The fourth-order valence-electron chi connectivity index (χ4n) is 4.94. The molecule has 0 aromatic carbocycles. The van der Waals surface area contributed by atoms with Gasteiger partial charge in [0.05, 0.1) is 17.8 Å². The minimum Gasteiger partial charge on any atom is -0.385 e. The van der Waals surface area contributed by atoms with Crippen molar-refractivity contribution in [2.24, 2.45) is 0 Å². The van der Waals surface area contributed by atoms with Crippen LogP contribution in [-0.2, 0) is 16.8 Å². The number of aromatic nitrogens is 3. The molecule has 4 rings (SSSR count). The molecule has 0 saturated carbocycles. The quantitative estimate of drug-likeness (QED) is 0.630. The van der Waals surface area contributed by atoms with E-state index < -0.39 is 5.54 Å². The molecule has 0 unspecified atom stereocenters. The van der Waals surface area contributed by atoms with Crippen molar-refractivity contribution in [1.29, 1.82) is 0 Å². The van der Waals surface area contributed by atoms with E-state index in [2.05, 4.69) is 39.2 Å². The molecule has 3 amide bonds. The predicted octanol–water partition coefficient (Wildman–Crippen LogP) is 2.66. The Balaban J connectivity index is 1.46. The largest absolute Gasteiger partial charge is 0.385 e. The summed E-state index contributed by atoms with van der Waals surface area (Å²) >= 11 is 0. The summed E-state index contributed by atoms with van der Waals surface area (Å²) < 4.78 is 5.19. The Morgan fingerprint density at radius 2 is 2.03 bits per heavy atom. The van der Waals surface area contributed by atoms with Gasteiger partial charge in [0, 0.05) is 57.2 Å². The van der Waals surface area contributed by atoms with Gasteiger partial charge in [0.2, 0.25) is 0 Å². The van der Waals surface area contributed by atoms with E-state index in [1.54, 1.807) is 31.5 Å². The van der Waals surface area contributed by atoms with E-state index in [-0.39, 0.29) is 24.0 Å². The number of anilines is 1. The third-order valence-corrected chi connectivity index (χ3v) is 6.98. The molecular weight excluding hydrogens is 434 g/mol. The van der Waals surface area contributed by atoms with Crippen LogP contribution in [0, 0.1) is 0 Å². The number of amides is 3. The highest BCUT2D eigenvalue weighted by molar-refractivity contribution is 6.02. The van der Waals surface area contributed by atoms with Crippen molar-refractivity contribution in [3.05, 3.63) is 41.3 Å². The number of urea groups is 1. The van der Waals surface area contributed by atoms with Crippen LogP contribution in [0.15, 0.2) is 24.4 Å². The van der Waals surface area contributed by atoms with Gasteiger partial charge in [0.1, 0.15) is 5.69 Å². The van der Waals surface area contributed by atoms with E-state index in [4.69, 9.17) is 4.74 Å². The molecule has 1 fully saturated rings. The zero-order valence-corrected chi connectivity index (χ0v) is 20.7. The number of carbonyl (C=O) groups is 2. The number of pyridine rings is 1. The minimum atomic E-state index is -0.577. The molecule has 4 heterocycles. The van der Waals surface area contributed by atoms with Crippen LogP contribution in [0.2, 0.25) is 0 Å². The van der Waals surface area contributed by atoms with Crippen molar-refractivity contribution in [2.75, 3.05) is 38.7 Å². The molecular formula is C24H35N7O3. The zero-order chi connectivity index (χ0) is 24.5. The molecule has 2 aromatic heterocycles. The maximum absolute atomic E-state index is 13.7. The highest BCUT2D eigenvalue weighted by Gasteiger charge is 2.46. The Bertz CT molecular complexity index is 1020. The first-order valence-corrected chi connectivity index (χ1v) is 11.8. The number of rotatable bonds is 6. The van der Waals surface area contributed by atoms with E-state index in [1.807, 2.05) is 23.6 Å². The number of H-pyrrole nitrogens is 1. The lowest BCUT2D eigenvalue weighted by Gasteiger charge is -2.46. The Kier molecular flexibility index (Phi) is 6.90. The number of methoxy groups -OCH3 is 1. The van der Waals surface area contributed by atoms with Gasteiger partial charge in [0.15, 0.2) is 5.82 Å². The van der Waals surface area contributed by atoms with E-state index in [0.29, 0.717) is 24.6 Å². The van der Waals surface area contributed by atoms with Crippen LogP contribution in [0.25, 0.3) is 0 Å². The molecule has 10 nitrogen and oxygen atoms in total. The van der Waals surface area contributed by atoms with Gasteiger partial charge in [-0.05, 0) is 46.2 Å². The third-order valence-electron chi connectivity index (χ3n) is 6.98. The summed E-state index contributed by atoms with van der Waals surface area (Å²) in [5, 5.41) is 10.2. The number of ether oxygens (including phenoxy) is 1. The smallest absolute Gasteiger partial charge is 0.321 e. The zero-order valence-electron chi connectivity index (χ0n) is 20.7. The molecule has 2 aromatic rings. The van der Waals surface area contributed by atoms with Gasteiger partial charge < -0.3 is 19.9 Å². The van der Waals surface area contributed by atoms with Crippen LogP contribution in [0.4, 0.5) is 10.6 Å². The van der Waals surface area contributed by atoms with Gasteiger partial charge in [-0.3, -0.25) is 19.8 Å². The molecule has 2 N–H and O–H groups in total. The number of carbonyl (C=O) groups excluding carboxylic acids is 2. The van der Waals surface area contributed by atoms with Crippen molar-refractivity contribution in [1.82, 2.24) is 29.9 Å². The molecule has 10 heteroatoms. The first-order valence-electron chi connectivity index (χ1n) is 11.8. The average molecular weight is 470 g/mol. The minimum absolute atomic E-state index is 0.00694. The number of hydrogen-bond donors (Lipinski definition) is 2. The number of hydrogen-bond acceptors (Lipinski definition) is 6. The Morgan fingerprint density at radius 3 is 2.74 bits per heavy atom. The summed E-state index contributed by atoms with van der Waals surface area (Å²) in [5.74, 6) is 0.114. The van der Waals surface area contributed by atoms with Crippen molar-refractivity contribution >= 4 is 17.8 Å².